The summed E-state index contributed by atoms with van der Waals surface area (Å²) in [5, 5.41) is 0. The van der Waals surface area contributed by atoms with E-state index in [4.69, 9.17) is 4.74 Å². The van der Waals surface area contributed by atoms with Gasteiger partial charge in [-0.25, -0.2) is 13.2 Å². The SMILES string of the molecule is CCOC(=O)c1c(C)[nH]c(C)c1S(=O)(=O)Nc1ccc(C(C)C)cc1. The number of aromatic amines is 1. The van der Waals surface area contributed by atoms with E-state index < -0.39 is 16.0 Å². The van der Waals surface area contributed by atoms with E-state index in [2.05, 4.69) is 23.6 Å². The van der Waals surface area contributed by atoms with Crippen LogP contribution in [0.2, 0.25) is 0 Å². The third-order valence-electron chi connectivity index (χ3n) is 3.90. The van der Waals surface area contributed by atoms with Crippen LogP contribution in [0.1, 0.15) is 54.0 Å². The van der Waals surface area contributed by atoms with E-state index in [1.807, 2.05) is 12.1 Å². The average Bonchev–Trinajstić information content (AvgIpc) is 2.83. The smallest absolute Gasteiger partial charge is 0.341 e. The van der Waals surface area contributed by atoms with Crippen molar-refractivity contribution in [3.63, 3.8) is 0 Å². The molecule has 0 saturated heterocycles. The number of benzene rings is 1. The number of carbonyl (C=O) groups is 1. The molecule has 2 rings (SSSR count). The highest BCUT2D eigenvalue weighted by atomic mass is 32.2. The van der Waals surface area contributed by atoms with Crippen molar-refractivity contribution in [3.05, 3.63) is 46.8 Å². The molecule has 2 N–H and O–H groups in total. The van der Waals surface area contributed by atoms with Crippen molar-refractivity contribution in [2.45, 2.75) is 45.4 Å². The highest BCUT2D eigenvalue weighted by Gasteiger charge is 2.30. The Morgan fingerprint density at radius 2 is 1.76 bits per heavy atom. The number of ether oxygens (including phenoxy) is 1. The van der Waals surface area contributed by atoms with Gasteiger partial charge in [-0.1, -0.05) is 26.0 Å². The van der Waals surface area contributed by atoms with E-state index in [0.717, 1.165) is 5.56 Å². The molecule has 1 heterocycles. The molecule has 7 heteroatoms. The number of sulfonamides is 1. The molecule has 1 aromatic heterocycles. The molecule has 0 aliphatic heterocycles. The first-order chi connectivity index (χ1) is 11.7. The Hall–Kier alpha value is -2.28. The van der Waals surface area contributed by atoms with Gasteiger partial charge in [0.1, 0.15) is 10.5 Å². The van der Waals surface area contributed by atoms with E-state index in [9.17, 15) is 13.2 Å². The van der Waals surface area contributed by atoms with Crippen LogP contribution in [0.3, 0.4) is 0 Å². The predicted octanol–water partition coefficient (Wildman–Crippen LogP) is 3.73. The molecule has 0 amide bonds. The van der Waals surface area contributed by atoms with Gasteiger partial charge in [0.25, 0.3) is 10.0 Å². The summed E-state index contributed by atoms with van der Waals surface area (Å²) in [6, 6.07) is 7.19. The third-order valence-corrected chi connectivity index (χ3v) is 5.45. The second-order valence-electron chi connectivity index (χ2n) is 6.18. The van der Waals surface area contributed by atoms with Gasteiger partial charge in [0.15, 0.2) is 0 Å². The number of nitrogens with one attached hydrogen (secondary N) is 2. The van der Waals surface area contributed by atoms with Crippen LogP contribution in [0.25, 0.3) is 0 Å². The standard InChI is InChI=1S/C18H24N2O4S/c1-6-24-18(21)16-12(4)19-13(5)17(16)25(22,23)20-15-9-7-14(8-10-15)11(2)3/h7-11,19-20H,6H2,1-5H3. The van der Waals surface area contributed by atoms with Gasteiger partial charge in [0.05, 0.1) is 6.61 Å². The zero-order chi connectivity index (χ0) is 18.8. The summed E-state index contributed by atoms with van der Waals surface area (Å²) >= 11 is 0. The molecule has 0 fully saturated rings. The molecule has 1 aromatic carbocycles. The largest absolute Gasteiger partial charge is 0.462 e. The second-order valence-corrected chi connectivity index (χ2v) is 7.80. The van der Waals surface area contributed by atoms with Crippen molar-refractivity contribution >= 4 is 21.7 Å². The number of hydrogen-bond acceptors (Lipinski definition) is 4. The van der Waals surface area contributed by atoms with E-state index in [1.54, 1.807) is 32.9 Å². The van der Waals surface area contributed by atoms with E-state index in [1.165, 1.54) is 0 Å². The number of rotatable bonds is 6. The molecule has 25 heavy (non-hydrogen) atoms. The molecule has 136 valence electrons. The van der Waals surface area contributed by atoms with Crippen molar-refractivity contribution < 1.29 is 17.9 Å². The van der Waals surface area contributed by atoms with Crippen LogP contribution in [-0.2, 0) is 14.8 Å². The van der Waals surface area contributed by atoms with Gasteiger partial charge in [-0.05, 0) is 44.4 Å². The quantitative estimate of drug-likeness (QED) is 0.765. The minimum atomic E-state index is -3.93. The van der Waals surface area contributed by atoms with Crippen LogP contribution >= 0.6 is 0 Å². The molecular formula is C18H24N2O4S. The number of hydrogen-bond donors (Lipinski definition) is 2. The number of aryl methyl sites for hydroxylation is 2. The molecule has 0 saturated carbocycles. The zero-order valence-electron chi connectivity index (χ0n) is 15.1. The molecule has 0 spiro atoms. The highest BCUT2D eigenvalue weighted by Crippen LogP contribution is 2.27. The summed E-state index contributed by atoms with van der Waals surface area (Å²) in [5.74, 6) is -0.296. The summed E-state index contributed by atoms with van der Waals surface area (Å²) in [6.45, 7) is 9.25. The van der Waals surface area contributed by atoms with E-state index >= 15 is 0 Å². The lowest BCUT2D eigenvalue weighted by Gasteiger charge is -2.11. The minimum absolute atomic E-state index is 0.0469. The fourth-order valence-electron chi connectivity index (χ4n) is 2.69. The predicted molar refractivity (Wildman–Crippen MR) is 97.6 cm³/mol. The van der Waals surface area contributed by atoms with Crippen LogP contribution in [0.15, 0.2) is 29.2 Å². The van der Waals surface area contributed by atoms with Crippen LogP contribution in [0.4, 0.5) is 5.69 Å². The lowest BCUT2D eigenvalue weighted by atomic mass is 10.0. The van der Waals surface area contributed by atoms with Gasteiger partial charge in [0, 0.05) is 17.1 Å². The molecule has 0 unspecified atom stereocenters. The van der Waals surface area contributed by atoms with Crippen molar-refractivity contribution in [1.82, 2.24) is 4.98 Å². The molecule has 6 nitrogen and oxygen atoms in total. The Bertz CT molecular complexity index is 865. The first-order valence-electron chi connectivity index (χ1n) is 8.16. The molecule has 0 aliphatic carbocycles. The average molecular weight is 364 g/mol. The number of aromatic nitrogens is 1. The Kier molecular flexibility index (Phi) is 5.57. The Labute approximate surface area is 148 Å². The van der Waals surface area contributed by atoms with Gasteiger partial charge < -0.3 is 9.72 Å². The second kappa shape index (κ2) is 7.31. The summed E-state index contributed by atoms with van der Waals surface area (Å²) in [6.07, 6.45) is 0. The van der Waals surface area contributed by atoms with Crippen molar-refractivity contribution in [2.24, 2.45) is 0 Å². The number of carbonyl (C=O) groups excluding carboxylic acids is 1. The maximum Gasteiger partial charge on any atom is 0.341 e. The van der Waals surface area contributed by atoms with Gasteiger partial charge in [0.2, 0.25) is 0 Å². The first-order valence-corrected chi connectivity index (χ1v) is 9.64. The molecular weight excluding hydrogens is 340 g/mol. The van der Waals surface area contributed by atoms with Crippen molar-refractivity contribution in [2.75, 3.05) is 11.3 Å². The highest BCUT2D eigenvalue weighted by molar-refractivity contribution is 7.92. The van der Waals surface area contributed by atoms with E-state index in [-0.39, 0.29) is 17.1 Å². The van der Waals surface area contributed by atoms with Gasteiger partial charge in [-0.2, -0.15) is 0 Å². The fraction of sp³-hybridized carbons (Fsp3) is 0.389. The number of esters is 1. The first kappa shape index (κ1) is 19.1. The maximum atomic E-state index is 12.8. The molecule has 0 radical (unpaired) electrons. The number of anilines is 1. The lowest BCUT2D eigenvalue weighted by Crippen LogP contribution is -2.18. The molecule has 2 aromatic rings. The van der Waals surface area contributed by atoms with Crippen LogP contribution in [0.5, 0.6) is 0 Å². The zero-order valence-corrected chi connectivity index (χ0v) is 16.0. The van der Waals surface area contributed by atoms with Crippen LogP contribution in [-0.4, -0.2) is 26.0 Å². The molecule has 0 bridgehead atoms. The monoisotopic (exact) mass is 364 g/mol. The summed E-state index contributed by atoms with van der Waals surface area (Å²) in [5.41, 5.74) is 2.46. The van der Waals surface area contributed by atoms with Gasteiger partial charge >= 0.3 is 5.97 Å². The fourth-order valence-corrected chi connectivity index (χ4v) is 4.19. The lowest BCUT2D eigenvalue weighted by molar-refractivity contribution is 0.0521. The third kappa shape index (κ3) is 4.04. The van der Waals surface area contributed by atoms with Crippen LogP contribution in [0, 0.1) is 13.8 Å². The topological polar surface area (TPSA) is 88.3 Å². The molecule has 0 atom stereocenters. The summed E-state index contributed by atoms with van der Waals surface area (Å²) in [4.78, 5) is 15.0. The Balaban J connectivity index is 2.41. The van der Waals surface area contributed by atoms with Gasteiger partial charge in [-0.15, -0.1) is 0 Å². The van der Waals surface area contributed by atoms with E-state index in [0.29, 0.717) is 23.0 Å². The normalized spacial score (nSPS) is 11.6. The Morgan fingerprint density at radius 3 is 2.28 bits per heavy atom. The number of H-pyrrole nitrogens is 1. The van der Waals surface area contributed by atoms with Crippen molar-refractivity contribution in [1.29, 1.82) is 0 Å². The van der Waals surface area contributed by atoms with Crippen LogP contribution < -0.4 is 4.72 Å². The maximum absolute atomic E-state index is 12.8. The summed E-state index contributed by atoms with van der Waals surface area (Å²) in [7, 11) is -3.93. The van der Waals surface area contributed by atoms with Crippen molar-refractivity contribution in [3.8, 4) is 0 Å². The Morgan fingerprint density at radius 1 is 1.16 bits per heavy atom. The van der Waals surface area contributed by atoms with Gasteiger partial charge in [-0.3, -0.25) is 4.72 Å². The summed E-state index contributed by atoms with van der Waals surface area (Å²) < 4.78 is 33.2. The molecule has 0 aliphatic rings. The minimum Gasteiger partial charge on any atom is -0.462 e.